The van der Waals surface area contributed by atoms with Crippen LogP contribution in [0, 0.1) is 5.92 Å². The fraction of sp³-hybridized carbons (Fsp3) is 0.533. The van der Waals surface area contributed by atoms with Crippen LogP contribution < -0.4 is 5.32 Å². The molecule has 2 N–H and O–H groups in total. The van der Waals surface area contributed by atoms with Gasteiger partial charge in [0.05, 0.1) is 17.6 Å². The fourth-order valence-electron chi connectivity index (χ4n) is 2.75. The molecule has 1 aliphatic rings. The summed E-state index contributed by atoms with van der Waals surface area (Å²) in [6.45, 7) is 4.40. The molecule has 1 aromatic carbocycles. The Morgan fingerprint density at radius 2 is 2.11 bits per heavy atom. The molecule has 0 aliphatic carbocycles. The second-order valence-electron chi connectivity index (χ2n) is 5.58. The number of H-pyrrole nitrogens is 1. The third-order valence-electron chi connectivity index (χ3n) is 4.00. The molecule has 1 aromatic heterocycles. The summed E-state index contributed by atoms with van der Waals surface area (Å²) in [5.41, 5.74) is 2.18. The summed E-state index contributed by atoms with van der Waals surface area (Å²) in [6.07, 6.45) is 2.62. The Labute approximate surface area is 114 Å². The van der Waals surface area contributed by atoms with E-state index in [0.29, 0.717) is 0 Å². The number of imidazole rings is 1. The van der Waals surface area contributed by atoms with Crippen LogP contribution in [0.4, 0.5) is 0 Å². The zero-order valence-corrected chi connectivity index (χ0v) is 11.5. The normalized spacial score (nSPS) is 18.2. The topological polar surface area (TPSA) is 44.0 Å². The number of hydrogen-bond donors (Lipinski definition) is 2. The van der Waals surface area contributed by atoms with Crippen molar-refractivity contribution in [2.45, 2.75) is 19.4 Å². The summed E-state index contributed by atoms with van der Waals surface area (Å²) in [5.74, 6) is 1.86. The minimum absolute atomic E-state index is 0.820. The zero-order valence-electron chi connectivity index (χ0n) is 11.5. The van der Waals surface area contributed by atoms with Crippen LogP contribution in [0.25, 0.3) is 11.0 Å². The van der Waals surface area contributed by atoms with Crippen molar-refractivity contribution < 1.29 is 0 Å². The van der Waals surface area contributed by atoms with Gasteiger partial charge in [0.1, 0.15) is 5.82 Å². The van der Waals surface area contributed by atoms with Gasteiger partial charge in [-0.15, -0.1) is 0 Å². The number of nitrogens with one attached hydrogen (secondary N) is 2. The Morgan fingerprint density at radius 3 is 2.89 bits per heavy atom. The van der Waals surface area contributed by atoms with Crippen LogP contribution in [0.3, 0.4) is 0 Å². The monoisotopic (exact) mass is 258 g/mol. The molecule has 4 heteroatoms. The van der Waals surface area contributed by atoms with E-state index in [-0.39, 0.29) is 0 Å². The Morgan fingerprint density at radius 1 is 1.32 bits per heavy atom. The Bertz CT molecular complexity index is 493. The molecule has 102 valence electrons. The number of fused-ring (bicyclic) bond motifs is 1. The fourth-order valence-corrected chi connectivity index (χ4v) is 2.75. The maximum Gasteiger partial charge on any atom is 0.121 e. The van der Waals surface area contributed by atoms with Gasteiger partial charge < -0.3 is 15.2 Å². The van der Waals surface area contributed by atoms with E-state index in [1.165, 1.54) is 25.9 Å². The van der Waals surface area contributed by atoms with Crippen molar-refractivity contribution in [3.63, 3.8) is 0 Å². The summed E-state index contributed by atoms with van der Waals surface area (Å²) in [6, 6.07) is 8.18. The second-order valence-corrected chi connectivity index (χ2v) is 5.58. The zero-order chi connectivity index (χ0) is 13.1. The minimum Gasteiger partial charge on any atom is -0.341 e. The van der Waals surface area contributed by atoms with E-state index >= 15 is 0 Å². The van der Waals surface area contributed by atoms with E-state index in [1.807, 2.05) is 18.2 Å². The van der Waals surface area contributed by atoms with Gasteiger partial charge in [-0.25, -0.2) is 4.98 Å². The molecule has 2 aromatic rings. The van der Waals surface area contributed by atoms with Gasteiger partial charge in [0, 0.05) is 0 Å². The molecule has 0 radical (unpaired) electrons. The lowest BCUT2D eigenvalue weighted by atomic mass is 9.97. The molecule has 0 amide bonds. The van der Waals surface area contributed by atoms with Crippen LogP contribution in [0.5, 0.6) is 0 Å². The number of likely N-dealkylation sites (tertiary alicyclic amines) is 1. The molecule has 0 bridgehead atoms. The quantitative estimate of drug-likeness (QED) is 0.881. The summed E-state index contributed by atoms with van der Waals surface area (Å²) < 4.78 is 0. The smallest absolute Gasteiger partial charge is 0.121 e. The Kier molecular flexibility index (Phi) is 3.80. The van der Waals surface area contributed by atoms with Gasteiger partial charge in [-0.3, -0.25) is 0 Å². The van der Waals surface area contributed by atoms with Gasteiger partial charge in [0.15, 0.2) is 0 Å². The summed E-state index contributed by atoms with van der Waals surface area (Å²) in [4.78, 5) is 10.4. The average molecular weight is 258 g/mol. The van der Waals surface area contributed by atoms with Crippen molar-refractivity contribution in [1.82, 2.24) is 20.2 Å². The highest BCUT2D eigenvalue weighted by Crippen LogP contribution is 2.15. The van der Waals surface area contributed by atoms with Crippen molar-refractivity contribution in [2.24, 2.45) is 5.92 Å². The van der Waals surface area contributed by atoms with E-state index in [2.05, 4.69) is 33.3 Å². The largest absolute Gasteiger partial charge is 0.341 e. The van der Waals surface area contributed by atoms with Crippen LogP contribution >= 0.6 is 0 Å². The molecule has 1 saturated heterocycles. The van der Waals surface area contributed by atoms with Crippen LogP contribution in [-0.4, -0.2) is 41.5 Å². The molecule has 1 fully saturated rings. The third kappa shape index (κ3) is 3.14. The predicted molar refractivity (Wildman–Crippen MR) is 78.0 cm³/mol. The lowest BCUT2D eigenvalue weighted by Crippen LogP contribution is -2.34. The maximum absolute atomic E-state index is 4.58. The van der Waals surface area contributed by atoms with Gasteiger partial charge >= 0.3 is 0 Å². The SMILES string of the molecule is CN1CCC(CNCc2nc3ccccc3[nH]2)CC1. The number of rotatable bonds is 4. The number of para-hydroxylation sites is 2. The van der Waals surface area contributed by atoms with Crippen molar-refractivity contribution in [3.05, 3.63) is 30.1 Å². The summed E-state index contributed by atoms with van der Waals surface area (Å²) in [7, 11) is 2.21. The van der Waals surface area contributed by atoms with Crippen molar-refractivity contribution in [1.29, 1.82) is 0 Å². The van der Waals surface area contributed by atoms with Crippen LogP contribution in [0.2, 0.25) is 0 Å². The van der Waals surface area contributed by atoms with Gasteiger partial charge in [-0.1, -0.05) is 12.1 Å². The van der Waals surface area contributed by atoms with E-state index in [0.717, 1.165) is 35.9 Å². The molecule has 1 aliphatic heterocycles. The number of hydrogen-bond acceptors (Lipinski definition) is 3. The van der Waals surface area contributed by atoms with Crippen LogP contribution in [-0.2, 0) is 6.54 Å². The summed E-state index contributed by atoms with van der Waals surface area (Å²) in [5, 5.41) is 3.53. The first-order chi connectivity index (χ1) is 9.31. The molecule has 19 heavy (non-hydrogen) atoms. The standard InChI is InChI=1S/C15H22N4/c1-19-8-6-12(7-9-19)10-16-11-15-17-13-4-2-3-5-14(13)18-15/h2-5,12,16H,6-11H2,1H3,(H,17,18). The first kappa shape index (κ1) is 12.6. The molecular formula is C15H22N4. The van der Waals surface area contributed by atoms with E-state index in [9.17, 15) is 0 Å². The highest BCUT2D eigenvalue weighted by atomic mass is 15.1. The number of nitrogens with zero attached hydrogens (tertiary/aromatic N) is 2. The lowest BCUT2D eigenvalue weighted by molar-refractivity contribution is 0.215. The summed E-state index contributed by atoms with van der Waals surface area (Å²) >= 11 is 0. The first-order valence-corrected chi connectivity index (χ1v) is 7.14. The lowest BCUT2D eigenvalue weighted by Gasteiger charge is -2.28. The van der Waals surface area contributed by atoms with E-state index in [4.69, 9.17) is 0 Å². The molecule has 0 unspecified atom stereocenters. The maximum atomic E-state index is 4.58. The van der Waals surface area contributed by atoms with Gasteiger partial charge in [-0.2, -0.15) is 0 Å². The van der Waals surface area contributed by atoms with Gasteiger partial charge in [-0.05, 0) is 57.6 Å². The van der Waals surface area contributed by atoms with E-state index in [1.54, 1.807) is 0 Å². The number of aromatic amines is 1. The van der Waals surface area contributed by atoms with Crippen molar-refractivity contribution >= 4 is 11.0 Å². The van der Waals surface area contributed by atoms with Gasteiger partial charge in [0.25, 0.3) is 0 Å². The average Bonchev–Trinajstić information content (AvgIpc) is 2.83. The molecule has 4 nitrogen and oxygen atoms in total. The highest BCUT2D eigenvalue weighted by molar-refractivity contribution is 5.74. The van der Waals surface area contributed by atoms with Crippen molar-refractivity contribution in [3.8, 4) is 0 Å². The van der Waals surface area contributed by atoms with Crippen LogP contribution in [0.1, 0.15) is 18.7 Å². The number of aromatic nitrogens is 2. The van der Waals surface area contributed by atoms with Crippen LogP contribution in [0.15, 0.2) is 24.3 Å². The minimum atomic E-state index is 0.820. The Hall–Kier alpha value is -1.39. The predicted octanol–water partition coefficient (Wildman–Crippen LogP) is 1.99. The second kappa shape index (κ2) is 5.72. The van der Waals surface area contributed by atoms with E-state index < -0.39 is 0 Å². The van der Waals surface area contributed by atoms with Gasteiger partial charge in [0.2, 0.25) is 0 Å². The highest BCUT2D eigenvalue weighted by Gasteiger charge is 2.16. The molecule has 0 spiro atoms. The Balaban J connectivity index is 1.49. The molecule has 2 heterocycles. The first-order valence-electron chi connectivity index (χ1n) is 7.14. The molecule has 0 atom stereocenters. The molecule has 0 saturated carbocycles. The van der Waals surface area contributed by atoms with Crippen molar-refractivity contribution in [2.75, 3.05) is 26.7 Å². The number of piperidine rings is 1. The third-order valence-corrected chi connectivity index (χ3v) is 4.00. The molecular weight excluding hydrogens is 236 g/mol. The number of benzene rings is 1. The molecule has 3 rings (SSSR count).